The maximum atomic E-state index is 11.9. The van der Waals surface area contributed by atoms with Gasteiger partial charge in [-0.15, -0.1) is 0 Å². The number of benzene rings is 1. The molecule has 19 heavy (non-hydrogen) atoms. The van der Waals surface area contributed by atoms with E-state index in [1.165, 1.54) is 0 Å². The first-order valence-corrected chi connectivity index (χ1v) is 6.47. The monoisotopic (exact) mass is 261 g/mol. The summed E-state index contributed by atoms with van der Waals surface area (Å²) in [6.45, 7) is 5.12. The molecule has 102 valence electrons. The molecule has 1 aliphatic rings. The Balaban J connectivity index is 1.94. The SMILES string of the molecule is CC(C)CNC(=O)CN1CC(=O)c2ccccc2N1. The average Bonchev–Trinajstić information content (AvgIpc) is 2.36. The van der Waals surface area contributed by atoms with Gasteiger partial charge >= 0.3 is 0 Å². The maximum absolute atomic E-state index is 11.9. The van der Waals surface area contributed by atoms with E-state index in [0.29, 0.717) is 18.0 Å². The van der Waals surface area contributed by atoms with Crippen LogP contribution in [0, 0.1) is 5.92 Å². The molecule has 1 aromatic carbocycles. The fourth-order valence-electron chi connectivity index (χ4n) is 1.93. The van der Waals surface area contributed by atoms with Crippen LogP contribution in [0.4, 0.5) is 5.69 Å². The molecule has 2 N–H and O–H groups in total. The number of para-hydroxylation sites is 1. The van der Waals surface area contributed by atoms with E-state index in [2.05, 4.69) is 10.7 Å². The van der Waals surface area contributed by atoms with Gasteiger partial charge in [0.2, 0.25) is 5.91 Å². The van der Waals surface area contributed by atoms with Crippen LogP contribution in [-0.4, -0.2) is 36.3 Å². The van der Waals surface area contributed by atoms with Gasteiger partial charge in [-0.1, -0.05) is 26.0 Å². The van der Waals surface area contributed by atoms with Gasteiger partial charge in [-0.3, -0.25) is 9.59 Å². The molecule has 0 aliphatic carbocycles. The van der Waals surface area contributed by atoms with Gasteiger partial charge in [0.15, 0.2) is 5.78 Å². The topological polar surface area (TPSA) is 61.4 Å². The minimum absolute atomic E-state index is 0.0333. The van der Waals surface area contributed by atoms with Crippen LogP contribution in [0.3, 0.4) is 0 Å². The summed E-state index contributed by atoms with van der Waals surface area (Å²) in [5.41, 5.74) is 4.54. The lowest BCUT2D eigenvalue weighted by atomic mass is 10.1. The van der Waals surface area contributed by atoms with Crippen molar-refractivity contribution in [2.75, 3.05) is 25.1 Å². The summed E-state index contributed by atoms with van der Waals surface area (Å²) in [7, 11) is 0. The Labute approximate surface area is 112 Å². The minimum atomic E-state index is -0.0756. The third-order valence-corrected chi connectivity index (χ3v) is 2.88. The van der Waals surface area contributed by atoms with Gasteiger partial charge < -0.3 is 10.7 Å². The molecule has 0 radical (unpaired) electrons. The Kier molecular flexibility index (Phi) is 4.16. The first-order valence-electron chi connectivity index (χ1n) is 6.47. The highest BCUT2D eigenvalue weighted by Crippen LogP contribution is 2.20. The van der Waals surface area contributed by atoms with Crippen LogP contribution in [-0.2, 0) is 4.79 Å². The van der Waals surface area contributed by atoms with E-state index in [1.807, 2.05) is 32.0 Å². The van der Waals surface area contributed by atoms with Gasteiger partial charge in [-0.2, -0.15) is 0 Å². The quantitative estimate of drug-likeness (QED) is 0.857. The molecule has 1 amide bonds. The number of anilines is 1. The minimum Gasteiger partial charge on any atom is -0.355 e. The number of nitrogens with zero attached hydrogens (tertiary/aromatic N) is 1. The number of Topliss-reactive ketones (excluding diaryl/α,β-unsaturated/α-hetero) is 1. The number of ketones is 1. The summed E-state index contributed by atoms with van der Waals surface area (Å²) in [4.78, 5) is 23.7. The molecule has 0 atom stereocenters. The molecule has 5 heteroatoms. The summed E-state index contributed by atoms with van der Waals surface area (Å²) < 4.78 is 0. The van der Waals surface area contributed by atoms with E-state index >= 15 is 0 Å². The molecular formula is C14H19N3O2. The molecule has 0 saturated heterocycles. The Hall–Kier alpha value is -1.88. The van der Waals surface area contributed by atoms with Crippen LogP contribution in [0.25, 0.3) is 0 Å². The zero-order chi connectivity index (χ0) is 13.8. The maximum Gasteiger partial charge on any atom is 0.236 e. The molecule has 1 aliphatic heterocycles. The zero-order valence-electron chi connectivity index (χ0n) is 11.3. The summed E-state index contributed by atoms with van der Waals surface area (Å²) in [5.74, 6) is 0.375. The number of carbonyl (C=O) groups excluding carboxylic acids is 2. The summed E-state index contributed by atoms with van der Waals surface area (Å²) in [6, 6.07) is 7.33. The normalized spacial score (nSPS) is 15.0. The van der Waals surface area contributed by atoms with Gasteiger partial charge in [0.05, 0.1) is 18.8 Å². The average molecular weight is 261 g/mol. The van der Waals surface area contributed by atoms with Crippen LogP contribution < -0.4 is 10.7 Å². The number of nitrogens with one attached hydrogen (secondary N) is 2. The highest BCUT2D eigenvalue weighted by Gasteiger charge is 2.23. The number of hydrogen-bond acceptors (Lipinski definition) is 4. The van der Waals surface area contributed by atoms with Crippen LogP contribution in [0.5, 0.6) is 0 Å². The fraction of sp³-hybridized carbons (Fsp3) is 0.429. The van der Waals surface area contributed by atoms with Crippen molar-refractivity contribution in [3.8, 4) is 0 Å². The zero-order valence-corrected chi connectivity index (χ0v) is 11.3. The molecule has 1 heterocycles. The predicted molar refractivity (Wildman–Crippen MR) is 73.8 cm³/mol. The lowest BCUT2D eigenvalue weighted by Gasteiger charge is -2.28. The second-order valence-corrected chi connectivity index (χ2v) is 5.13. The largest absolute Gasteiger partial charge is 0.355 e. The number of fused-ring (bicyclic) bond motifs is 1. The Morgan fingerprint density at radius 1 is 1.42 bits per heavy atom. The molecular weight excluding hydrogens is 242 g/mol. The van der Waals surface area contributed by atoms with Crippen LogP contribution in [0.1, 0.15) is 24.2 Å². The number of hydrazine groups is 1. The third-order valence-electron chi connectivity index (χ3n) is 2.88. The Bertz CT molecular complexity index is 485. The van der Waals surface area contributed by atoms with E-state index < -0.39 is 0 Å². The van der Waals surface area contributed by atoms with Crippen molar-refractivity contribution < 1.29 is 9.59 Å². The molecule has 0 aromatic heterocycles. The molecule has 5 nitrogen and oxygen atoms in total. The summed E-state index contributed by atoms with van der Waals surface area (Å²) in [6.07, 6.45) is 0. The highest BCUT2D eigenvalue weighted by atomic mass is 16.2. The van der Waals surface area contributed by atoms with Gasteiger partial charge in [-0.05, 0) is 18.1 Å². The highest BCUT2D eigenvalue weighted by molar-refractivity contribution is 6.04. The fourth-order valence-corrected chi connectivity index (χ4v) is 1.93. The first-order chi connectivity index (χ1) is 9.06. The molecule has 0 fully saturated rings. The van der Waals surface area contributed by atoms with E-state index in [1.54, 1.807) is 11.1 Å². The van der Waals surface area contributed by atoms with Crippen LogP contribution in [0.2, 0.25) is 0 Å². The molecule has 1 aromatic rings. The molecule has 0 saturated carbocycles. The van der Waals surface area contributed by atoms with Crippen molar-refractivity contribution in [2.24, 2.45) is 5.92 Å². The van der Waals surface area contributed by atoms with Gasteiger partial charge in [0.25, 0.3) is 0 Å². The van der Waals surface area contributed by atoms with Crippen molar-refractivity contribution in [3.63, 3.8) is 0 Å². The molecule has 0 bridgehead atoms. The van der Waals surface area contributed by atoms with Crippen molar-refractivity contribution in [1.82, 2.24) is 10.3 Å². The Morgan fingerprint density at radius 2 is 2.16 bits per heavy atom. The van der Waals surface area contributed by atoms with Gasteiger partial charge in [0, 0.05) is 12.1 Å². The van der Waals surface area contributed by atoms with Crippen molar-refractivity contribution in [2.45, 2.75) is 13.8 Å². The number of hydrogen-bond donors (Lipinski definition) is 2. The second-order valence-electron chi connectivity index (χ2n) is 5.13. The molecule has 0 unspecified atom stereocenters. The first kappa shape index (κ1) is 13.5. The van der Waals surface area contributed by atoms with E-state index in [4.69, 9.17) is 0 Å². The molecule has 2 rings (SSSR count). The predicted octanol–water partition coefficient (Wildman–Crippen LogP) is 1.28. The lowest BCUT2D eigenvalue weighted by molar-refractivity contribution is -0.122. The number of amides is 1. The van der Waals surface area contributed by atoms with Crippen molar-refractivity contribution >= 4 is 17.4 Å². The van der Waals surface area contributed by atoms with Crippen molar-refractivity contribution in [3.05, 3.63) is 29.8 Å². The number of rotatable bonds is 4. The van der Waals surface area contributed by atoms with Gasteiger partial charge in [0.1, 0.15) is 0 Å². The van der Waals surface area contributed by atoms with Gasteiger partial charge in [-0.25, -0.2) is 5.01 Å². The lowest BCUT2D eigenvalue weighted by Crippen LogP contribution is -2.46. The van der Waals surface area contributed by atoms with Crippen LogP contribution in [0.15, 0.2) is 24.3 Å². The van der Waals surface area contributed by atoms with Crippen LogP contribution >= 0.6 is 0 Å². The summed E-state index contributed by atoms with van der Waals surface area (Å²) >= 11 is 0. The van der Waals surface area contributed by atoms with E-state index in [9.17, 15) is 9.59 Å². The third kappa shape index (κ3) is 3.54. The Morgan fingerprint density at radius 3 is 2.89 bits per heavy atom. The summed E-state index contributed by atoms with van der Waals surface area (Å²) in [5, 5.41) is 4.48. The van der Waals surface area contributed by atoms with Crippen molar-refractivity contribution in [1.29, 1.82) is 0 Å². The molecule has 0 spiro atoms. The number of carbonyl (C=O) groups is 2. The van der Waals surface area contributed by atoms with E-state index in [-0.39, 0.29) is 24.8 Å². The smallest absolute Gasteiger partial charge is 0.236 e. The second kappa shape index (κ2) is 5.84. The standard InChI is InChI=1S/C14H19N3O2/c1-10(2)7-15-14(19)9-17-8-13(18)11-5-3-4-6-12(11)16-17/h3-6,10,16H,7-9H2,1-2H3,(H,15,19). The van der Waals surface area contributed by atoms with E-state index in [0.717, 1.165) is 5.69 Å².